The SMILES string of the molecule is Fc1c(F)c(F)c2c3nc4nc(Oc5ccccc5)c(Oc5ccccc5)nc4nc3c3nc4nc(Oc5ccccc5)c(Oc5ccccc5)nc4nc3c2c1F. The van der Waals surface area contributed by atoms with Crippen molar-refractivity contribution in [1.82, 2.24) is 39.9 Å². The molecule has 58 heavy (non-hydrogen) atoms. The number of rotatable bonds is 8. The van der Waals surface area contributed by atoms with Gasteiger partial charge in [0.05, 0.1) is 10.8 Å². The molecule has 10 rings (SSSR count). The van der Waals surface area contributed by atoms with E-state index in [9.17, 15) is 0 Å². The van der Waals surface area contributed by atoms with Crippen LogP contribution < -0.4 is 18.9 Å². The molecule has 0 atom stereocenters. The van der Waals surface area contributed by atoms with Gasteiger partial charge in [-0.15, -0.1) is 0 Å². The first kappa shape index (κ1) is 34.4. The van der Waals surface area contributed by atoms with Gasteiger partial charge in [-0.2, -0.15) is 19.9 Å². The van der Waals surface area contributed by atoms with Crippen LogP contribution in [-0.4, -0.2) is 39.9 Å². The maximum atomic E-state index is 16.0. The van der Waals surface area contributed by atoms with E-state index in [1.54, 1.807) is 121 Å². The topological polar surface area (TPSA) is 140 Å². The number of hydrogen-bond acceptors (Lipinski definition) is 12. The van der Waals surface area contributed by atoms with Crippen LogP contribution in [0.4, 0.5) is 17.6 Å². The molecule has 16 heteroatoms. The Bertz CT molecular complexity index is 3010. The van der Waals surface area contributed by atoms with Crippen LogP contribution >= 0.6 is 0 Å². The first-order valence-corrected chi connectivity index (χ1v) is 17.4. The summed E-state index contributed by atoms with van der Waals surface area (Å²) in [5, 5.41) is -1.56. The molecule has 0 amide bonds. The van der Waals surface area contributed by atoms with E-state index >= 15 is 17.6 Å². The van der Waals surface area contributed by atoms with Gasteiger partial charge in [0.1, 0.15) is 45.1 Å². The van der Waals surface area contributed by atoms with E-state index in [1.807, 2.05) is 0 Å². The average molecular weight is 777 g/mol. The zero-order valence-corrected chi connectivity index (χ0v) is 29.3. The number of hydrogen-bond donors (Lipinski definition) is 0. The summed E-state index contributed by atoms with van der Waals surface area (Å²) in [6.45, 7) is 0. The summed E-state index contributed by atoms with van der Waals surface area (Å²) in [6.07, 6.45) is 0. The van der Waals surface area contributed by atoms with Crippen LogP contribution in [0.1, 0.15) is 0 Å². The molecule has 4 aromatic heterocycles. The van der Waals surface area contributed by atoms with Crippen molar-refractivity contribution in [3.8, 4) is 46.5 Å². The number of ether oxygens (including phenoxy) is 4. The van der Waals surface area contributed by atoms with Crippen LogP contribution in [-0.2, 0) is 0 Å². The molecule has 280 valence electrons. The quantitative estimate of drug-likeness (QED) is 0.0477. The lowest BCUT2D eigenvalue weighted by Gasteiger charge is -2.14. The Morgan fingerprint density at radius 2 is 0.517 bits per heavy atom. The molecule has 0 aliphatic heterocycles. The van der Waals surface area contributed by atoms with Crippen molar-refractivity contribution in [2.75, 3.05) is 0 Å². The molecule has 0 unspecified atom stereocenters. The normalized spacial score (nSPS) is 11.4. The molecule has 0 aliphatic carbocycles. The third-order valence-electron chi connectivity index (χ3n) is 8.71. The summed E-state index contributed by atoms with van der Waals surface area (Å²) in [6, 6.07) is 34.5. The zero-order chi connectivity index (χ0) is 39.3. The van der Waals surface area contributed by atoms with E-state index in [0.29, 0.717) is 23.0 Å². The van der Waals surface area contributed by atoms with Gasteiger partial charge in [-0.3, -0.25) is 0 Å². The van der Waals surface area contributed by atoms with Crippen LogP contribution in [0.5, 0.6) is 46.5 Å². The highest BCUT2D eigenvalue weighted by Crippen LogP contribution is 2.40. The van der Waals surface area contributed by atoms with Crippen molar-refractivity contribution in [3.63, 3.8) is 0 Å². The van der Waals surface area contributed by atoms with Gasteiger partial charge in [0.15, 0.2) is 23.3 Å². The molecule has 0 saturated carbocycles. The molecule has 0 bridgehead atoms. The van der Waals surface area contributed by atoms with E-state index < -0.39 is 45.1 Å². The van der Waals surface area contributed by atoms with Crippen molar-refractivity contribution in [1.29, 1.82) is 0 Å². The lowest BCUT2D eigenvalue weighted by Crippen LogP contribution is -2.06. The lowest BCUT2D eigenvalue weighted by atomic mass is 10.0. The van der Waals surface area contributed by atoms with E-state index in [2.05, 4.69) is 39.9 Å². The highest BCUT2D eigenvalue weighted by molar-refractivity contribution is 6.22. The number of para-hydroxylation sites is 4. The lowest BCUT2D eigenvalue weighted by molar-refractivity contribution is 0.394. The van der Waals surface area contributed by atoms with Crippen LogP contribution in [0, 0.1) is 23.3 Å². The molecule has 0 fully saturated rings. The second-order valence-corrected chi connectivity index (χ2v) is 12.5. The highest BCUT2D eigenvalue weighted by Gasteiger charge is 2.29. The molecule has 6 aromatic carbocycles. The van der Waals surface area contributed by atoms with Gasteiger partial charge in [0, 0.05) is 0 Å². The summed E-state index contributed by atoms with van der Waals surface area (Å²) < 4.78 is 86.3. The summed E-state index contributed by atoms with van der Waals surface area (Å²) in [5.41, 5.74) is -2.13. The summed E-state index contributed by atoms with van der Waals surface area (Å²) >= 11 is 0. The molecule has 10 aromatic rings. The average Bonchev–Trinajstić information content (AvgIpc) is 3.25. The van der Waals surface area contributed by atoms with Gasteiger partial charge < -0.3 is 18.9 Å². The Balaban J connectivity index is 1.26. The van der Waals surface area contributed by atoms with Gasteiger partial charge in [-0.05, 0) is 48.5 Å². The first-order valence-electron chi connectivity index (χ1n) is 17.4. The largest absolute Gasteiger partial charge is 0.435 e. The Kier molecular flexibility index (Phi) is 8.21. The number of fused-ring (bicyclic) bond motifs is 8. The van der Waals surface area contributed by atoms with Gasteiger partial charge in [0.2, 0.25) is 22.6 Å². The molecule has 0 aliphatic rings. The zero-order valence-electron chi connectivity index (χ0n) is 29.3. The maximum Gasteiger partial charge on any atom is 0.286 e. The third kappa shape index (κ3) is 6.04. The Morgan fingerprint density at radius 1 is 0.276 bits per heavy atom. The second-order valence-electron chi connectivity index (χ2n) is 12.5. The van der Waals surface area contributed by atoms with Crippen molar-refractivity contribution < 1.29 is 36.5 Å². The number of benzene rings is 6. The third-order valence-corrected chi connectivity index (χ3v) is 8.71. The standard InChI is InChI=1S/C42H20F4N8O4/c43-27-25-26(28(44)30(46)29(27)45)32-34(50-38-36(48-32)52-40(56-22-15-7-2-8-16-22)42(54-38)58-24-19-11-4-12-20-24)33-31(25)47-35-37(49-33)53-41(57-23-17-9-3-10-18-23)39(51-35)55-21-13-5-1-6-14-21/h1-20H. The van der Waals surface area contributed by atoms with Crippen LogP contribution in [0.15, 0.2) is 121 Å². The minimum atomic E-state index is -2.08. The van der Waals surface area contributed by atoms with Gasteiger partial charge in [0.25, 0.3) is 23.5 Å². The summed E-state index contributed by atoms with van der Waals surface area (Å²) in [4.78, 5) is 36.3. The molecule has 0 N–H and O–H groups in total. The molecular weight excluding hydrogens is 757 g/mol. The van der Waals surface area contributed by atoms with Crippen LogP contribution in [0.25, 0.3) is 55.4 Å². The Hall–Kier alpha value is -8.14. The fourth-order valence-corrected chi connectivity index (χ4v) is 6.13. The Morgan fingerprint density at radius 3 is 0.776 bits per heavy atom. The Labute approximate surface area is 322 Å². The van der Waals surface area contributed by atoms with Crippen LogP contribution in [0.3, 0.4) is 0 Å². The fraction of sp³-hybridized carbons (Fsp3) is 0. The van der Waals surface area contributed by atoms with E-state index in [0.717, 1.165) is 0 Å². The maximum absolute atomic E-state index is 16.0. The number of nitrogens with zero attached hydrogens (tertiary/aromatic N) is 8. The molecular formula is C42H20F4N8O4. The van der Waals surface area contributed by atoms with Crippen LogP contribution in [0.2, 0.25) is 0 Å². The summed E-state index contributed by atoms with van der Waals surface area (Å²) in [7, 11) is 0. The number of aromatic nitrogens is 8. The first-order chi connectivity index (χ1) is 28.4. The second kappa shape index (κ2) is 13.9. The van der Waals surface area contributed by atoms with Crippen molar-refractivity contribution in [2.45, 2.75) is 0 Å². The monoisotopic (exact) mass is 776 g/mol. The molecule has 12 nitrogen and oxygen atoms in total. The van der Waals surface area contributed by atoms with Gasteiger partial charge in [-0.1, -0.05) is 72.8 Å². The van der Waals surface area contributed by atoms with Crippen molar-refractivity contribution >= 4 is 55.4 Å². The van der Waals surface area contributed by atoms with E-state index in [4.69, 9.17) is 18.9 Å². The molecule has 0 saturated heterocycles. The van der Waals surface area contributed by atoms with E-state index in [1.165, 1.54) is 0 Å². The predicted octanol–water partition coefficient (Wildman–Crippen LogP) is 10.3. The van der Waals surface area contributed by atoms with E-state index in [-0.39, 0.29) is 57.1 Å². The van der Waals surface area contributed by atoms with Crippen molar-refractivity contribution in [3.05, 3.63) is 145 Å². The molecule has 0 spiro atoms. The smallest absolute Gasteiger partial charge is 0.286 e. The minimum absolute atomic E-state index is 0.123. The van der Waals surface area contributed by atoms with Gasteiger partial charge >= 0.3 is 0 Å². The minimum Gasteiger partial charge on any atom is -0.435 e. The summed E-state index contributed by atoms with van der Waals surface area (Å²) in [5.74, 6) is -6.73. The molecule has 0 radical (unpaired) electrons. The molecule has 4 heterocycles. The highest BCUT2D eigenvalue weighted by atomic mass is 19.2. The van der Waals surface area contributed by atoms with Crippen molar-refractivity contribution in [2.24, 2.45) is 0 Å². The fourth-order valence-electron chi connectivity index (χ4n) is 6.13. The van der Waals surface area contributed by atoms with Gasteiger partial charge in [-0.25, -0.2) is 37.5 Å². The number of halogens is 4. The predicted molar refractivity (Wildman–Crippen MR) is 202 cm³/mol.